The molecule has 0 amide bonds. The minimum absolute atomic E-state index is 0.0104. The van der Waals surface area contributed by atoms with Gasteiger partial charge in [-0.25, -0.2) is 0 Å². The molecule has 0 atom stereocenters. The number of aromatic nitrogens is 1. The lowest BCUT2D eigenvalue weighted by Crippen LogP contribution is -2.13. The normalized spacial score (nSPS) is 10.2. The zero-order chi connectivity index (χ0) is 9.84. The van der Waals surface area contributed by atoms with Gasteiger partial charge in [-0.1, -0.05) is 0 Å². The van der Waals surface area contributed by atoms with E-state index in [1.54, 1.807) is 6.20 Å². The first-order valence-corrected chi connectivity index (χ1v) is 4.33. The number of ketones is 1. The number of pyridine rings is 1. The predicted molar refractivity (Wildman–Crippen MR) is 53.0 cm³/mol. The fourth-order valence-electron chi connectivity index (χ4n) is 1.11. The Kier molecular flexibility index (Phi) is 3.01. The lowest BCUT2D eigenvalue weighted by molar-refractivity contribution is 0.101. The molecule has 0 fully saturated rings. The highest BCUT2D eigenvalue weighted by atomic mass is 16.1. The van der Waals surface area contributed by atoms with Crippen LogP contribution in [0, 0.1) is 0 Å². The maximum Gasteiger partial charge on any atom is 0.180 e. The smallest absolute Gasteiger partial charge is 0.180 e. The summed E-state index contributed by atoms with van der Waals surface area (Å²) < 4.78 is 0. The molecule has 0 saturated heterocycles. The van der Waals surface area contributed by atoms with Gasteiger partial charge in [0, 0.05) is 19.2 Å². The molecule has 13 heavy (non-hydrogen) atoms. The molecule has 1 heterocycles. The van der Waals surface area contributed by atoms with Crippen molar-refractivity contribution >= 4 is 11.5 Å². The highest BCUT2D eigenvalue weighted by Crippen LogP contribution is 2.13. The lowest BCUT2D eigenvalue weighted by Gasteiger charge is -2.11. The molecular weight excluding hydrogens is 164 g/mol. The van der Waals surface area contributed by atoms with E-state index in [9.17, 15) is 4.79 Å². The Morgan fingerprint density at radius 3 is 2.77 bits per heavy atom. The zero-order valence-corrected chi connectivity index (χ0v) is 8.16. The molecule has 0 aromatic carbocycles. The molecule has 0 unspecified atom stereocenters. The molecule has 3 heteroatoms. The highest BCUT2D eigenvalue weighted by molar-refractivity contribution is 5.97. The lowest BCUT2D eigenvalue weighted by atomic mass is 10.2. The molecule has 1 N–H and O–H groups in total. The molecule has 1 aromatic rings. The first kappa shape index (κ1) is 9.71. The third-order valence-corrected chi connectivity index (χ3v) is 1.59. The van der Waals surface area contributed by atoms with Crippen LogP contribution in [0.2, 0.25) is 0 Å². The summed E-state index contributed by atoms with van der Waals surface area (Å²) in [6.45, 7) is 5.57. The minimum Gasteiger partial charge on any atom is -0.381 e. The molecule has 0 aliphatic rings. The van der Waals surface area contributed by atoms with Gasteiger partial charge in [-0.05, 0) is 26.0 Å². The number of rotatable bonds is 3. The van der Waals surface area contributed by atoms with Crippen molar-refractivity contribution in [2.24, 2.45) is 0 Å². The molecule has 1 rings (SSSR count). The number of hydrogen-bond acceptors (Lipinski definition) is 3. The summed E-state index contributed by atoms with van der Waals surface area (Å²) in [6, 6.07) is 3.99. The van der Waals surface area contributed by atoms with Crippen LogP contribution in [0.25, 0.3) is 0 Å². The summed E-state index contributed by atoms with van der Waals surface area (Å²) in [5.41, 5.74) is 1.32. The van der Waals surface area contributed by atoms with E-state index in [1.807, 2.05) is 26.0 Å². The number of Topliss-reactive ketones (excluding diaryl/α,β-unsaturated/α-hetero) is 1. The van der Waals surface area contributed by atoms with Crippen LogP contribution in [0.4, 0.5) is 5.69 Å². The van der Waals surface area contributed by atoms with Gasteiger partial charge in [0.05, 0.1) is 5.69 Å². The summed E-state index contributed by atoms with van der Waals surface area (Å²) in [5, 5.41) is 3.17. The van der Waals surface area contributed by atoms with Crippen molar-refractivity contribution in [3.63, 3.8) is 0 Å². The molecule has 0 bridgehead atoms. The second-order valence-electron chi connectivity index (χ2n) is 3.25. The molecule has 1 aromatic heterocycles. The Morgan fingerprint density at radius 2 is 2.23 bits per heavy atom. The van der Waals surface area contributed by atoms with Crippen LogP contribution in [0.5, 0.6) is 0 Å². The Hall–Kier alpha value is -1.38. The average molecular weight is 178 g/mol. The average Bonchev–Trinajstić information content (AvgIpc) is 2.03. The van der Waals surface area contributed by atoms with E-state index in [0.717, 1.165) is 5.69 Å². The van der Waals surface area contributed by atoms with E-state index in [1.165, 1.54) is 6.92 Å². The molecule has 0 aliphatic heterocycles. The highest BCUT2D eigenvalue weighted by Gasteiger charge is 2.07. The summed E-state index contributed by atoms with van der Waals surface area (Å²) in [5.74, 6) is -0.0104. The molecule has 0 spiro atoms. The van der Waals surface area contributed by atoms with Crippen LogP contribution in [0.15, 0.2) is 18.3 Å². The number of carbonyl (C=O) groups is 1. The van der Waals surface area contributed by atoms with Gasteiger partial charge in [-0.3, -0.25) is 9.78 Å². The van der Waals surface area contributed by atoms with Gasteiger partial charge in [-0.2, -0.15) is 0 Å². The SMILES string of the molecule is CC(=O)c1ncccc1NC(C)C. The number of anilines is 1. The largest absolute Gasteiger partial charge is 0.381 e. The van der Waals surface area contributed by atoms with Gasteiger partial charge in [0.1, 0.15) is 5.69 Å². The standard InChI is InChI=1S/C10H14N2O/c1-7(2)12-9-5-4-6-11-10(9)8(3)13/h4-7,12H,1-3H3. The van der Waals surface area contributed by atoms with Crippen LogP contribution < -0.4 is 5.32 Å². The van der Waals surface area contributed by atoms with E-state index in [0.29, 0.717) is 11.7 Å². The number of nitrogens with one attached hydrogen (secondary N) is 1. The van der Waals surface area contributed by atoms with Crippen molar-refractivity contribution in [2.45, 2.75) is 26.8 Å². The van der Waals surface area contributed by atoms with E-state index < -0.39 is 0 Å². The van der Waals surface area contributed by atoms with E-state index >= 15 is 0 Å². The van der Waals surface area contributed by atoms with Gasteiger partial charge < -0.3 is 5.32 Å². The van der Waals surface area contributed by atoms with Crippen LogP contribution >= 0.6 is 0 Å². The fraction of sp³-hybridized carbons (Fsp3) is 0.400. The Morgan fingerprint density at radius 1 is 1.54 bits per heavy atom. The van der Waals surface area contributed by atoms with Gasteiger partial charge >= 0.3 is 0 Å². The monoisotopic (exact) mass is 178 g/mol. The number of hydrogen-bond donors (Lipinski definition) is 1. The van der Waals surface area contributed by atoms with Crippen molar-refractivity contribution in [3.8, 4) is 0 Å². The van der Waals surface area contributed by atoms with Crippen molar-refractivity contribution in [2.75, 3.05) is 5.32 Å². The quantitative estimate of drug-likeness (QED) is 0.721. The maximum absolute atomic E-state index is 11.1. The van der Waals surface area contributed by atoms with Gasteiger partial charge in [0.15, 0.2) is 5.78 Å². The van der Waals surface area contributed by atoms with Crippen molar-refractivity contribution < 1.29 is 4.79 Å². The second kappa shape index (κ2) is 4.03. The van der Waals surface area contributed by atoms with E-state index in [4.69, 9.17) is 0 Å². The zero-order valence-electron chi connectivity index (χ0n) is 8.16. The molecule has 3 nitrogen and oxygen atoms in total. The molecular formula is C10H14N2O. The molecule has 70 valence electrons. The van der Waals surface area contributed by atoms with Crippen molar-refractivity contribution in [1.82, 2.24) is 4.98 Å². The summed E-state index contributed by atoms with van der Waals surface area (Å²) in [4.78, 5) is 15.2. The number of carbonyl (C=O) groups excluding carboxylic acids is 1. The predicted octanol–water partition coefficient (Wildman–Crippen LogP) is 2.10. The van der Waals surface area contributed by atoms with Gasteiger partial charge in [0.2, 0.25) is 0 Å². The van der Waals surface area contributed by atoms with Crippen LogP contribution in [0.1, 0.15) is 31.3 Å². The van der Waals surface area contributed by atoms with Crippen LogP contribution in [0.3, 0.4) is 0 Å². The summed E-state index contributed by atoms with van der Waals surface area (Å²) in [7, 11) is 0. The van der Waals surface area contributed by atoms with Crippen LogP contribution in [-0.2, 0) is 0 Å². The van der Waals surface area contributed by atoms with Gasteiger partial charge in [0.25, 0.3) is 0 Å². The maximum atomic E-state index is 11.1. The third-order valence-electron chi connectivity index (χ3n) is 1.59. The first-order chi connectivity index (χ1) is 6.11. The molecule has 0 saturated carbocycles. The Labute approximate surface area is 78.2 Å². The van der Waals surface area contributed by atoms with Crippen molar-refractivity contribution in [1.29, 1.82) is 0 Å². The fourth-order valence-corrected chi connectivity index (χ4v) is 1.11. The Balaban J connectivity index is 2.98. The molecule has 0 aliphatic carbocycles. The van der Waals surface area contributed by atoms with Crippen molar-refractivity contribution in [3.05, 3.63) is 24.0 Å². The van der Waals surface area contributed by atoms with Gasteiger partial charge in [-0.15, -0.1) is 0 Å². The number of nitrogens with zero attached hydrogens (tertiary/aromatic N) is 1. The summed E-state index contributed by atoms with van der Waals surface area (Å²) in [6.07, 6.45) is 1.63. The van der Waals surface area contributed by atoms with E-state index in [-0.39, 0.29) is 5.78 Å². The second-order valence-corrected chi connectivity index (χ2v) is 3.25. The third kappa shape index (κ3) is 2.54. The topological polar surface area (TPSA) is 42.0 Å². The van der Waals surface area contributed by atoms with Crippen LogP contribution in [-0.4, -0.2) is 16.8 Å². The Bertz CT molecular complexity index is 308. The van der Waals surface area contributed by atoms with E-state index in [2.05, 4.69) is 10.3 Å². The molecule has 0 radical (unpaired) electrons. The minimum atomic E-state index is -0.0104. The summed E-state index contributed by atoms with van der Waals surface area (Å²) >= 11 is 0. The first-order valence-electron chi connectivity index (χ1n) is 4.33.